The van der Waals surface area contributed by atoms with Crippen molar-refractivity contribution in [3.63, 3.8) is 0 Å². The monoisotopic (exact) mass is 676 g/mol. The highest BCUT2D eigenvalue weighted by Gasteiger charge is 2.23. The van der Waals surface area contributed by atoms with Crippen LogP contribution in [-0.2, 0) is 0 Å². The van der Waals surface area contributed by atoms with E-state index in [2.05, 4.69) is 140 Å². The van der Waals surface area contributed by atoms with Crippen LogP contribution in [0.15, 0.2) is 183 Å². The molecule has 0 radical (unpaired) electrons. The molecule has 12 rings (SSSR count). The lowest BCUT2D eigenvalue weighted by molar-refractivity contribution is 0.663. The first kappa shape index (κ1) is 28.6. The van der Waals surface area contributed by atoms with Crippen LogP contribution in [0.3, 0.4) is 0 Å². The van der Waals surface area contributed by atoms with Crippen LogP contribution >= 0.6 is 0 Å². The summed E-state index contributed by atoms with van der Waals surface area (Å²) in [5.74, 6) is 0. The van der Waals surface area contributed by atoms with Crippen molar-refractivity contribution in [1.82, 2.24) is 0 Å². The van der Waals surface area contributed by atoms with E-state index < -0.39 is 0 Å². The summed E-state index contributed by atoms with van der Waals surface area (Å²) in [6, 6.07) is 60.1. The molecule has 0 aliphatic heterocycles. The second-order valence-electron chi connectivity index (χ2n) is 13.9. The third-order valence-electron chi connectivity index (χ3n) is 11.1. The first-order valence-electron chi connectivity index (χ1n) is 18.0. The topological polar surface area (TPSA) is 39.4 Å². The molecule has 0 aliphatic carbocycles. The van der Waals surface area contributed by atoms with Crippen molar-refractivity contribution in [2.24, 2.45) is 0 Å². The van der Waals surface area contributed by atoms with Crippen molar-refractivity contribution < 1.29 is 13.3 Å². The number of fused-ring (bicyclic) bond motifs is 12. The molecule has 9 aromatic carbocycles. The Kier molecular flexibility index (Phi) is 5.77. The van der Waals surface area contributed by atoms with Gasteiger partial charge in [0.25, 0.3) is 0 Å². The van der Waals surface area contributed by atoms with E-state index >= 15 is 0 Å². The molecule has 3 nitrogen and oxygen atoms in total. The molecule has 0 fully saturated rings. The van der Waals surface area contributed by atoms with Crippen LogP contribution in [0.2, 0.25) is 0 Å². The largest absolute Gasteiger partial charge is 0.456 e. The Bertz CT molecular complexity index is 3390. The van der Waals surface area contributed by atoms with Crippen molar-refractivity contribution in [3.8, 4) is 33.4 Å². The molecule has 12 aromatic rings. The van der Waals surface area contributed by atoms with E-state index in [4.69, 9.17) is 13.3 Å². The number of hydrogen-bond donors (Lipinski definition) is 0. The third kappa shape index (κ3) is 3.99. The Morgan fingerprint density at radius 1 is 0.264 bits per heavy atom. The highest BCUT2D eigenvalue weighted by atomic mass is 16.3. The zero-order chi connectivity index (χ0) is 34.6. The Morgan fingerprint density at radius 2 is 0.774 bits per heavy atom. The van der Waals surface area contributed by atoms with E-state index in [1.807, 2.05) is 30.3 Å². The van der Waals surface area contributed by atoms with Crippen LogP contribution in [0.1, 0.15) is 0 Å². The fourth-order valence-corrected chi connectivity index (χ4v) is 8.87. The van der Waals surface area contributed by atoms with E-state index in [0.717, 1.165) is 82.5 Å². The zero-order valence-electron chi connectivity index (χ0n) is 28.4. The number of hydrogen-bond acceptors (Lipinski definition) is 3. The lowest BCUT2D eigenvalue weighted by Gasteiger charge is -2.19. The maximum absolute atomic E-state index is 6.81. The first-order valence-corrected chi connectivity index (χ1v) is 18.0. The van der Waals surface area contributed by atoms with Gasteiger partial charge in [0, 0.05) is 37.9 Å². The van der Waals surface area contributed by atoms with Gasteiger partial charge in [0.1, 0.15) is 33.5 Å². The van der Waals surface area contributed by atoms with Crippen LogP contribution in [0.4, 0.5) is 0 Å². The summed E-state index contributed by atoms with van der Waals surface area (Å²) in [4.78, 5) is 0. The number of furan rings is 3. The Labute approximate surface area is 302 Å². The fourth-order valence-electron chi connectivity index (χ4n) is 8.87. The zero-order valence-corrected chi connectivity index (χ0v) is 28.4. The SMILES string of the molecule is c1ccc(-c2c3ccccc3c(-c3cc(-c4cccc5c4oc4ccc6oc7ccccc7c6c45)cc4oc5ccccc5c34)c3ccccc23)cc1. The van der Waals surface area contributed by atoms with Gasteiger partial charge in [-0.3, -0.25) is 0 Å². The van der Waals surface area contributed by atoms with E-state index in [9.17, 15) is 0 Å². The lowest BCUT2D eigenvalue weighted by atomic mass is 9.84. The van der Waals surface area contributed by atoms with Crippen LogP contribution in [0.25, 0.3) is 121 Å². The second kappa shape index (κ2) is 10.7. The summed E-state index contributed by atoms with van der Waals surface area (Å²) in [6.45, 7) is 0. The number of rotatable bonds is 3. The highest BCUT2D eigenvalue weighted by molar-refractivity contribution is 6.28. The molecule has 0 amide bonds. The molecule has 0 N–H and O–H groups in total. The van der Waals surface area contributed by atoms with Gasteiger partial charge < -0.3 is 13.3 Å². The Morgan fingerprint density at radius 3 is 1.45 bits per heavy atom. The normalized spacial score (nSPS) is 12.2. The minimum Gasteiger partial charge on any atom is -0.456 e. The quantitative estimate of drug-likeness (QED) is 0.175. The molecule has 246 valence electrons. The Hall–Kier alpha value is -7.10. The molecule has 0 bridgehead atoms. The van der Waals surface area contributed by atoms with Gasteiger partial charge in [-0.15, -0.1) is 0 Å². The molecule has 0 saturated heterocycles. The van der Waals surface area contributed by atoms with E-state index in [-0.39, 0.29) is 0 Å². The molecule has 0 saturated carbocycles. The summed E-state index contributed by atoms with van der Waals surface area (Å²) < 4.78 is 19.8. The van der Waals surface area contributed by atoms with Gasteiger partial charge in [-0.25, -0.2) is 0 Å². The van der Waals surface area contributed by atoms with Gasteiger partial charge in [0.05, 0.1) is 0 Å². The molecule has 3 aromatic heterocycles. The summed E-state index contributed by atoms with van der Waals surface area (Å²) in [5.41, 5.74) is 11.9. The summed E-state index contributed by atoms with van der Waals surface area (Å²) in [6.07, 6.45) is 0. The predicted molar refractivity (Wildman–Crippen MR) is 220 cm³/mol. The summed E-state index contributed by atoms with van der Waals surface area (Å²) in [7, 11) is 0. The fraction of sp³-hybridized carbons (Fsp3) is 0. The van der Waals surface area contributed by atoms with E-state index in [0.29, 0.717) is 0 Å². The molecule has 53 heavy (non-hydrogen) atoms. The third-order valence-corrected chi connectivity index (χ3v) is 11.1. The van der Waals surface area contributed by atoms with Crippen LogP contribution in [-0.4, -0.2) is 0 Å². The Balaban J connectivity index is 1.22. The summed E-state index contributed by atoms with van der Waals surface area (Å²) in [5, 5.41) is 11.3. The van der Waals surface area contributed by atoms with Crippen molar-refractivity contribution in [2.45, 2.75) is 0 Å². The molecular weight excluding hydrogens is 649 g/mol. The average Bonchev–Trinajstić information content (AvgIpc) is 3.91. The van der Waals surface area contributed by atoms with Gasteiger partial charge in [0.2, 0.25) is 0 Å². The molecule has 3 heteroatoms. The van der Waals surface area contributed by atoms with Gasteiger partial charge >= 0.3 is 0 Å². The van der Waals surface area contributed by atoms with E-state index in [1.165, 1.54) is 38.2 Å². The van der Waals surface area contributed by atoms with Gasteiger partial charge in [0.15, 0.2) is 0 Å². The number of benzene rings is 9. The molecule has 0 unspecified atom stereocenters. The van der Waals surface area contributed by atoms with E-state index in [1.54, 1.807) is 0 Å². The minimum atomic E-state index is 0.838. The lowest BCUT2D eigenvalue weighted by Crippen LogP contribution is -1.92. The maximum Gasteiger partial charge on any atom is 0.143 e. The second-order valence-corrected chi connectivity index (χ2v) is 13.9. The maximum atomic E-state index is 6.81. The standard InChI is InChI=1S/C50H28O3/c1-2-13-29(14-3-1)45-32-15-4-6-17-34(32)46(35-18-7-5-16-33(35)45)39-27-30(28-44-47(39)36-19-8-10-23-40(36)52-44)31-21-12-22-38-49-43(53-50(31)38)26-25-42-48(49)37-20-9-11-24-41(37)51-42/h1-28H. The molecular formula is C50H28O3. The molecule has 3 heterocycles. The van der Waals surface area contributed by atoms with Crippen LogP contribution < -0.4 is 0 Å². The smallest absolute Gasteiger partial charge is 0.143 e. The summed E-state index contributed by atoms with van der Waals surface area (Å²) >= 11 is 0. The van der Waals surface area contributed by atoms with Gasteiger partial charge in [-0.05, 0) is 85.8 Å². The van der Waals surface area contributed by atoms with Crippen LogP contribution in [0, 0.1) is 0 Å². The highest BCUT2D eigenvalue weighted by Crippen LogP contribution is 2.49. The molecule has 0 aliphatic rings. The first-order chi connectivity index (χ1) is 26.3. The van der Waals surface area contributed by atoms with Gasteiger partial charge in [-0.1, -0.05) is 133 Å². The number of para-hydroxylation sites is 3. The van der Waals surface area contributed by atoms with Crippen molar-refractivity contribution in [2.75, 3.05) is 0 Å². The molecule has 0 spiro atoms. The van der Waals surface area contributed by atoms with Crippen molar-refractivity contribution >= 4 is 87.4 Å². The van der Waals surface area contributed by atoms with Crippen LogP contribution in [0.5, 0.6) is 0 Å². The van der Waals surface area contributed by atoms with Crippen molar-refractivity contribution in [1.29, 1.82) is 0 Å². The van der Waals surface area contributed by atoms with Crippen molar-refractivity contribution in [3.05, 3.63) is 170 Å². The molecule has 0 atom stereocenters. The predicted octanol–water partition coefficient (Wildman–Crippen LogP) is 14.7. The minimum absolute atomic E-state index is 0.838. The average molecular weight is 677 g/mol. The van der Waals surface area contributed by atoms with Gasteiger partial charge in [-0.2, -0.15) is 0 Å².